The molecule has 1 atom stereocenters. The third-order valence-electron chi connectivity index (χ3n) is 3.87. The number of rotatable bonds is 4. The number of para-hydroxylation sites is 2. The predicted octanol–water partition coefficient (Wildman–Crippen LogP) is 2.66. The number of amides is 2. The Morgan fingerprint density at radius 2 is 2.17 bits per heavy atom. The number of carbonyl (C=O) groups is 1. The second-order valence-corrected chi connectivity index (χ2v) is 6.24. The molecule has 128 valence electrons. The van der Waals surface area contributed by atoms with E-state index in [0.717, 1.165) is 11.4 Å². The van der Waals surface area contributed by atoms with Crippen LogP contribution < -0.4 is 14.8 Å². The Balaban J connectivity index is 1.50. The number of fused-ring (bicyclic) bond motifs is 1. The smallest absolute Gasteiger partial charge is 0.317 e. The van der Waals surface area contributed by atoms with Crippen molar-refractivity contribution in [2.24, 2.45) is 7.05 Å². The van der Waals surface area contributed by atoms with Crippen molar-refractivity contribution in [3.05, 3.63) is 47.2 Å². The highest BCUT2D eigenvalue weighted by atomic mass is 35.5. The standard InChI is InChI=1S/C17H20ClN3O3/c1-20-9-12(18)7-13(20)10-21(2)17(22)19-8-14-11-23-15-5-3-4-6-16(15)24-14/h3-7,9,14H,8,10-11H2,1-2H3,(H,19,22)/t14-/m0/s1. The largest absolute Gasteiger partial charge is 0.486 e. The van der Waals surface area contributed by atoms with Gasteiger partial charge in [-0.3, -0.25) is 0 Å². The maximum absolute atomic E-state index is 12.2. The molecule has 2 heterocycles. The van der Waals surface area contributed by atoms with Gasteiger partial charge in [-0.1, -0.05) is 23.7 Å². The molecule has 1 N–H and O–H groups in total. The van der Waals surface area contributed by atoms with E-state index in [4.69, 9.17) is 21.1 Å². The second kappa shape index (κ2) is 7.05. The third-order valence-corrected chi connectivity index (χ3v) is 4.08. The second-order valence-electron chi connectivity index (χ2n) is 5.80. The SMILES string of the molecule is CN(Cc1cc(Cl)cn1C)C(=O)NC[C@H]1COc2ccccc2O1. The van der Waals surface area contributed by atoms with E-state index in [9.17, 15) is 4.79 Å². The van der Waals surface area contributed by atoms with Crippen molar-refractivity contribution in [2.75, 3.05) is 20.2 Å². The van der Waals surface area contributed by atoms with Gasteiger partial charge < -0.3 is 24.3 Å². The highest BCUT2D eigenvalue weighted by Crippen LogP contribution is 2.30. The zero-order valence-electron chi connectivity index (χ0n) is 13.7. The van der Waals surface area contributed by atoms with Gasteiger partial charge in [-0.2, -0.15) is 0 Å². The predicted molar refractivity (Wildman–Crippen MR) is 91.6 cm³/mol. The molecule has 0 fully saturated rings. The molecular formula is C17H20ClN3O3. The van der Waals surface area contributed by atoms with Crippen LogP contribution in [-0.2, 0) is 13.6 Å². The number of urea groups is 1. The van der Waals surface area contributed by atoms with Gasteiger partial charge in [0.25, 0.3) is 0 Å². The maximum Gasteiger partial charge on any atom is 0.317 e. The lowest BCUT2D eigenvalue weighted by Gasteiger charge is -2.27. The molecule has 24 heavy (non-hydrogen) atoms. The van der Waals surface area contributed by atoms with Gasteiger partial charge in [0.2, 0.25) is 0 Å². The molecule has 0 unspecified atom stereocenters. The molecule has 0 spiro atoms. The molecule has 0 saturated carbocycles. The first-order valence-corrected chi connectivity index (χ1v) is 8.09. The first kappa shape index (κ1) is 16.5. The van der Waals surface area contributed by atoms with Gasteiger partial charge in [-0.25, -0.2) is 4.79 Å². The van der Waals surface area contributed by atoms with Crippen molar-refractivity contribution in [2.45, 2.75) is 12.6 Å². The topological polar surface area (TPSA) is 55.7 Å². The van der Waals surface area contributed by atoms with E-state index < -0.39 is 0 Å². The Hall–Kier alpha value is -2.34. The monoisotopic (exact) mass is 349 g/mol. The number of nitrogens with one attached hydrogen (secondary N) is 1. The van der Waals surface area contributed by atoms with Gasteiger partial charge in [0.15, 0.2) is 17.6 Å². The van der Waals surface area contributed by atoms with Crippen molar-refractivity contribution in [3.8, 4) is 11.5 Å². The van der Waals surface area contributed by atoms with Crippen molar-refractivity contribution >= 4 is 17.6 Å². The molecule has 0 aliphatic carbocycles. The average molecular weight is 350 g/mol. The molecule has 0 saturated heterocycles. The van der Waals surface area contributed by atoms with E-state index in [-0.39, 0.29) is 12.1 Å². The molecule has 6 nitrogen and oxygen atoms in total. The summed E-state index contributed by atoms with van der Waals surface area (Å²) in [6, 6.07) is 9.18. The minimum atomic E-state index is -0.207. The highest BCUT2D eigenvalue weighted by Gasteiger charge is 2.21. The summed E-state index contributed by atoms with van der Waals surface area (Å²) in [6.45, 7) is 1.26. The van der Waals surface area contributed by atoms with Gasteiger partial charge in [0.1, 0.15) is 6.61 Å². The summed E-state index contributed by atoms with van der Waals surface area (Å²) >= 11 is 5.96. The van der Waals surface area contributed by atoms with E-state index in [2.05, 4.69) is 5.32 Å². The van der Waals surface area contributed by atoms with Crippen LogP contribution in [0.1, 0.15) is 5.69 Å². The number of ether oxygens (including phenoxy) is 2. The molecule has 1 aromatic heterocycles. The summed E-state index contributed by atoms with van der Waals surface area (Å²) in [6.07, 6.45) is 1.61. The molecule has 0 bridgehead atoms. The fourth-order valence-corrected chi connectivity index (χ4v) is 2.81. The fraction of sp³-hybridized carbons (Fsp3) is 0.353. The Bertz CT molecular complexity index is 732. The molecule has 3 rings (SSSR count). The Labute approximate surface area is 145 Å². The summed E-state index contributed by atoms with van der Waals surface area (Å²) in [5, 5.41) is 3.53. The highest BCUT2D eigenvalue weighted by molar-refractivity contribution is 6.30. The van der Waals surface area contributed by atoms with Gasteiger partial charge in [-0.05, 0) is 18.2 Å². The summed E-state index contributed by atoms with van der Waals surface area (Å²) in [7, 11) is 3.64. The number of halogens is 1. The maximum atomic E-state index is 12.2. The van der Waals surface area contributed by atoms with Gasteiger partial charge in [0.05, 0.1) is 18.1 Å². The lowest BCUT2D eigenvalue weighted by molar-refractivity contribution is 0.0904. The molecule has 2 amide bonds. The number of benzene rings is 1. The number of aryl methyl sites for hydroxylation is 1. The number of hydrogen-bond donors (Lipinski definition) is 1. The molecule has 2 aromatic rings. The number of carbonyl (C=O) groups excluding carboxylic acids is 1. The van der Waals surface area contributed by atoms with Crippen LogP contribution in [0.2, 0.25) is 5.02 Å². The minimum Gasteiger partial charge on any atom is -0.486 e. The van der Waals surface area contributed by atoms with E-state index in [1.165, 1.54) is 0 Å². The number of nitrogens with zero attached hydrogens (tertiary/aromatic N) is 2. The third kappa shape index (κ3) is 3.76. The van der Waals surface area contributed by atoms with Crippen LogP contribution in [0.3, 0.4) is 0 Å². The van der Waals surface area contributed by atoms with E-state index in [1.807, 2.05) is 48.1 Å². The molecule has 7 heteroatoms. The molecule has 1 aliphatic heterocycles. The van der Waals surface area contributed by atoms with Crippen LogP contribution >= 0.6 is 11.6 Å². The Morgan fingerprint density at radius 1 is 1.42 bits per heavy atom. The van der Waals surface area contributed by atoms with Gasteiger partial charge in [0, 0.05) is 26.0 Å². The zero-order chi connectivity index (χ0) is 17.1. The Morgan fingerprint density at radius 3 is 2.88 bits per heavy atom. The summed E-state index contributed by atoms with van der Waals surface area (Å²) in [5.74, 6) is 1.44. The normalized spacial score (nSPS) is 15.9. The van der Waals surface area contributed by atoms with Crippen LogP contribution in [0, 0.1) is 0 Å². The van der Waals surface area contributed by atoms with Crippen molar-refractivity contribution < 1.29 is 14.3 Å². The van der Waals surface area contributed by atoms with Crippen LogP contribution in [0.4, 0.5) is 4.79 Å². The van der Waals surface area contributed by atoms with E-state index in [0.29, 0.717) is 30.5 Å². The van der Waals surface area contributed by atoms with Crippen LogP contribution in [0.25, 0.3) is 0 Å². The van der Waals surface area contributed by atoms with Crippen LogP contribution in [0.5, 0.6) is 11.5 Å². The quantitative estimate of drug-likeness (QED) is 0.923. The molecule has 0 radical (unpaired) electrons. The minimum absolute atomic E-state index is 0.171. The summed E-state index contributed by atoms with van der Waals surface area (Å²) in [4.78, 5) is 13.8. The van der Waals surface area contributed by atoms with Crippen molar-refractivity contribution in [3.63, 3.8) is 0 Å². The lowest BCUT2D eigenvalue weighted by atomic mass is 10.2. The summed E-state index contributed by atoms with van der Waals surface area (Å²) < 4.78 is 13.4. The fourth-order valence-electron chi connectivity index (χ4n) is 2.54. The van der Waals surface area contributed by atoms with Gasteiger partial charge in [-0.15, -0.1) is 0 Å². The molecular weight excluding hydrogens is 330 g/mol. The molecule has 1 aromatic carbocycles. The number of aromatic nitrogens is 1. The number of hydrogen-bond acceptors (Lipinski definition) is 3. The lowest BCUT2D eigenvalue weighted by Crippen LogP contribution is -2.45. The first-order valence-electron chi connectivity index (χ1n) is 7.71. The van der Waals surface area contributed by atoms with Gasteiger partial charge >= 0.3 is 6.03 Å². The molecule has 1 aliphatic rings. The summed E-state index contributed by atoms with van der Waals surface area (Å²) in [5.41, 5.74) is 0.962. The van der Waals surface area contributed by atoms with Crippen molar-refractivity contribution in [1.29, 1.82) is 0 Å². The van der Waals surface area contributed by atoms with Crippen LogP contribution in [-0.4, -0.2) is 41.8 Å². The zero-order valence-corrected chi connectivity index (χ0v) is 14.4. The Kier molecular flexibility index (Phi) is 4.85. The van der Waals surface area contributed by atoms with E-state index >= 15 is 0 Å². The average Bonchev–Trinajstić information content (AvgIpc) is 2.89. The van der Waals surface area contributed by atoms with E-state index in [1.54, 1.807) is 11.9 Å². The first-order chi connectivity index (χ1) is 11.5. The van der Waals surface area contributed by atoms with Crippen molar-refractivity contribution in [1.82, 2.24) is 14.8 Å². The van der Waals surface area contributed by atoms with Crippen LogP contribution in [0.15, 0.2) is 36.5 Å².